The molecule has 0 saturated carbocycles. The predicted octanol–water partition coefficient (Wildman–Crippen LogP) is -1.09. The summed E-state index contributed by atoms with van der Waals surface area (Å²) in [5.74, 6) is -7.10. The molecule has 33 heavy (non-hydrogen) atoms. The molecule has 0 unspecified atom stereocenters. The number of benzene rings is 1. The monoisotopic (exact) mass is 465 g/mol. The zero-order valence-corrected chi connectivity index (χ0v) is 17.6. The molecule has 178 valence electrons. The van der Waals surface area contributed by atoms with E-state index in [1.807, 2.05) is 5.32 Å². The van der Waals surface area contributed by atoms with Crippen molar-refractivity contribution in [3.05, 3.63) is 35.4 Å². The fraction of sp³-hybridized carbons (Fsp3) is 0.400. The van der Waals surface area contributed by atoms with Gasteiger partial charge in [-0.15, -0.1) is 0 Å². The lowest BCUT2D eigenvalue weighted by molar-refractivity contribution is -0.161. The molecule has 2 rings (SSSR count). The standard InChI is InChI=1S/C20H23N3O10/c1-19(17(29)30,20(21,18(31)32)7-6-14(25)26)22-13(24)10-33-9-8-23-15(27)11-4-2-3-5-12(11)16(23)28/h2-5H,6-10,21H2,1H3,(H,22,24)(H,25,26)(H,29,30)(H,31,32)/t19-,20-/m1/s1. The molecule has 0 aliphatic carbocycles. The second-order valence-corrected chi connectivity index (χ2v) is 7.51. The molecule has 0 saturated heterocycles. The number of carbonyl (C=O) groups excluding carboxylic acids is 3. The molecular formula is C20H23N3O10. The van der Waals surface area contributed by atoms with E-state index in [9.17, 15) is 39.0 Å². The van der Waals surface area contributed by atoms with Crippen LogP contribution in [0.15, 0.2) is 24.3 Å². The van der Waals surface area contributed by atoms with Gasteiger partial charge in [-0.2, -0.15) is 0 Å². The number of fused-ring (bicyclic) bond motifs is 1. The molecular weight excluding hydrogens is 442 g/mol. The maximum absolute atomic E-state index is 12.3. The molecule has 1 aromatic carbocycles. The number of nitrogens with one attached hydrogen (secondary N) is 1. The topological polar surface area (TPSA) is 214 Å². The number of hydrogen-bond acceptors (Lipinski definition) is 8. The van der Waals surface area contributed by atoms with Gasteiger partial charge < -0.3 is 31.1 Å². The van der Waals surface area contributed by atoms with Crippen LogP contribution in [-0.2, 0) is 23.9 Å². The summed E-state index contributed by atoms with van der Waals surface area (Å²) in [5.41, 5.74) is 1.01. The quantitative estimate of drug-likeness (QED) is 0.185. The first-order valence-electron chi connectivity index (χ1n) is 9.66. The largest absolute Gasteiger partial charge is 0.481 e. The van der Waals surface area contributed by atoms with Crippen LogP contribution in [0.25, 0.3) is 0 Å². The molecule has 0 aromatic heterocycles. The van der Waals surface area contributed by atoms with Crippen molar-refractivity contribution in [3.63, 3.8) is 0 Å². The van der Waals surface area contributed by atoms with Crippen molar-refractivity contribution < 1.29 is 48.8 Å². The number of hydrogen-bond donors (Lipinski definition) is 5. The summed E-state index contributed by atoms with van der Waals surface area (Å²) in [5, 5.41) is 29.8. The normalized spacial score (nSPS) is 16.5. The number of carboxylic acids is 3. The van der Waals surface area contributed by atoms with E-state index in [2.05, 4.69) is 0 Å². The van der Waals surface area contributed by atoms with Gasteiger partial charge in [0, 0.05) is 6.42 Å². The molecule has 6 N–H and O–H groups in total. The highest BCUT2D eigenvalue weighted by Crippen LogP contribution is 2.26. The first-order valence-corrected chi connectivity index (χ1v) is 9.66. The van der Waals surface area contributed by atoms with Crippen molar-refractivity contribution >= 4 is 35.6 Å². The van der Waals surface area contributed by atoms with E-state index < -0.39 is 66.2 Å². The highest BCUT2D eigenvalue weighted by atomic mass is 16.5. The minimum absolute atomic E-state index is 0.176. The molecule has 1 aliphatic rings. The first-order chi connectivity index (χ1) is 15.3. The van der Waals surface area contributed by atoms with Gasteiger partial charge in [0.1, 0.15) is 12.1 Å². The van der Waals surface area contributed by atoms with Gasteiger partial charge in [-0.25, -0.2) is 4.79 Å². The van der Waals surface area contributed by atoms with Gasteiger partial charge in [0.25, 0.3) is 11.8 Å². The molecule has 1 aromatic rings. The summed E-state index contributed by atoms with van der Waals surface area (Å²) in [6, 6.07) is 6.22. The van der Waals surface area contributed by atoms with Crippen LogP contribution in [0.4, 0.5) is 0 Å². The molecule has 0 fully saturated rings. The number of imide groups is 1. The average Bonchev–Trinajstić information content (AvgIpc) is 2.99. The number of nitrogens with zero attached hydrogens (tertiary/aromatic N) is 1. The third kappa shape index (κ3) is 4.99. The molecule has 3 amide bonds. The summed E-state index contributed by atoms with van der Waals surface area (Å²) < 4.78 is 5.12. The van der Waals surface area contributed by atoms with E-state index in [1.54, 1.807) is 12.1 Å². The number of nitrogens with two attached hydrogens (primary N) is 1. The number of aliphatic carboxylic acids is 3. The van der Waals surface area contributed by atoms with Gasteiger partial charge in [0.15, 0.2) is 5.54 Å². The Kier molecular flexibility index (Phi) is 7.51. The van der Waals surface area contributed by atoms with Gasteiger partial charge in [-0.3, -0.25) is 28.9 Å². The van der Waals surface area contributed by atoms with Crippen LogP contribution in [0, 0.1) is 0 Å². The molecule has 1 aliphatic heterocycles. The van der Waals surface area contributed by atoms with Crippen LogP contribution < -0.4 is 11.1 Å². The van der Waals surface area contributed by atoms with E-state index in [1.165, 1.54) is 12.1 Å². The molecule has 1 heterocycles. The average molecular weight is 465 g/mol. The smallest absolute Gasteiger partial charge is 0.331 e. The Balaban J connectivity index is 1.98. The van der Waals surface area contributed by atoms with E-state index in [0.29, 0.717) is 0 Å². The molecule has 13 nitrogen and oxygen atoms in total. The van der Waals surface area contributed by atoms with Crippen LogP contribution in [0.2, 0.25) is 0 Å². The van der Waals surface area contributed by atoms with Crippen molar-refractivity contribution in [1.82, 2.24) is 10.2 Å². The third-order valence-corrected chi connectivity index (χ3v) is 5.39. The third-order valence-electron chi connectivity index (χ3n) is 5.39. The lowest BCUT2D eigenvalue weighted by Crippen LogP contribution is -2.74. The Morgan fingerprint density at radius 3 is 2.03 bits per heavy atom. The summed E-state index contributed by atoms with van der Waals surface area (Å²) >= 11 is 0. The summed E-state index contributed by atoms with van der Waals surface area (Å²) in [6.45, 7) is -0.318. The van der Waals surface area contributed by atoms with Gasteiger partial charge in [0.05, 0.1) is 24.3 Å². The van der Waals surface area contributed by atoms with Gasteiger partial charge in [-0.05, 0) is 25.5 Å². The first kappa shape index (κ1) is 25.4. The molecule has 2 atom stereocenters. The molecule has 0 bridgehead atoms. The Labute approximate surface area is 187 Å². The van der Waals surface area contributed by atoms with E-state index in [0.717, 1.165) is 11.8 Å². The van der Waals surface area contributed by atoms with Crippen molar-refractivity contribution in [2.24, 2.45) is 5.73 Å². The minimum atomic E-state index is -2.65. The fourth-order valence-electron chi connectivity index (χ4n) is 3.31. The van der Waals surface area contributed by atoms with E-state index >= 15 is 0 Å². The highest BCUT2D eigenvalue weighted by molar-refractivity contribution is 6.21. The number of carboxylic acid groups (broad SMARTS) is 3. The Morgan fingerprint density at radius 1 is 1.03 bits per heavy atom. The zero-order chi connectivity index (χ0) is 25.0. The molecule has 0 radical (unpaired) electrons. The minimum Gasteiger partial charge on any atom is -0.481 e. The molecule has 0 spiro atoms. The second-order valence-electron chi connectivity index (χ2n) is 7.51. The molecule has 13 heteroatoms. The number of amides is 3. The van der Waals surface area contributed by atoms with Crippen molar-refractivity contribution in [2.45, 2.75) is 30.8 Å². The van der Waals surface area contributed by atoms with Gasteiger partial charge >= 0.3 is 17.9 Å². The van der Waals surface area contributed by atoms with Crippen LogP contribution in [0.1, 0.15) is 40.5 Å². The van der Waals surface area contributed by atoms with Crippen molar-refractivity contribution in [2.75, 3.05) is 19.8 Å². The highest BCUT2D eigenvalue weighted by Gasteiger charge is 2.57. The maximum atomic E-state index is 12.3. The van der Waals surface area contributed by atoms with E-state index in [4.69, 9.17) is 15.6 Å². The fourth-order valence-corrected chi connectivity index (χ4v) is 3.31. The Bertz CT molecular complexity index is 975. The van der Waals surface area contributed by atoms with Crippen molar-refractivity contribution in [1.29, 1.82) is 0 Å². The summed E-state index contributed by atoms with van der Waals surface area (Å²) in [4.78, 5) is 72.1. The number of ether oxygens (including phenoxy) is 1. The van der Waals surface area contributed by atoms with Gasteiger partial charge in [-0.1, -0.05) is 12.1 Å². The van der Waals surface area contributed by atoms with Crippen LogP contribution in [-0.4, -0.2) is 86.7 Å². The Hall–Kier alpha value is -3.84. The van der Waals surface area contributed by atoms with Crippen molar-refractivity contribution in [3.8, 4) is 0 Å². The maximum Gasteiger partial charge on any atom is 0.331 e. The van der Waals surface area contributed by atoms with Crippen LogP contribution in [0.5, 0.6) is 0 Å². The second kappa shape index (κ2) is 9.75. The Morgan fingerprint density at radius 2 is 1.58 bits per heavy atom. The van der Waals surface area contributed by atoms with Crippen LogP contribution >= 0.6 is 0 Å². The predicted molar refractivity (Wildman–Crippen MR) is 108 cm³/mol. The summed E-state index contributed by atoms with van der Waals surface area (Å²) in [6.07, 6.45) is -1.53. The number of carbonyl (C=O) groups is 6. The van der Waals surface area contributed by atoms with E-state index in [-0.39, 0.29) is 24.3 Å². The van der Waals surface area contributed by atoms with Crippen LogP contribution in [0.3, 0.4) is 0 Å². The lowest BCUT2D eigenvalue weighted by atomic mass is 9.75. The summed E-state index contributed by atoms with van der Waals surface area (Å²) in [7, 11) is 0. The lowest BCUT2D eigenvalue weighted by Gasteiger charge is -2.40. The van der Waals surface area contributed by atoms with Gasteiger partial charge in [0.2, 0.25) is 5.91 Å². The zero-order valence-electron chi connectivity index (χ0n) is 17.6. The number of rotatable bonds is 12. The SMILES string of the molecule is C[C@@](NC(=O)COCCN1C(=O)c2ccccc2C1=O)(C(=O)O)[C@@](N)(CCC(=O)O)C(=O)O.